The van der Waals surface area contributed by atoms with Crippen molar-refractivity contribution in [3.63, 3.8) is 0 Å². The van der Waals surface area contributed by atoms with Gasteiger partial charge in [-0.25, -0.2) is 9.50 Å². The molecule has 0 atom stereocenters. The maximum absolute atomic E-state index is 12.2. The number of ether oxygens (including phenoxy) is 1. The van der Waals surface area contributed by atoms with E-state index in [1.165, 1.54) is 10.7 Å². The molecule has 1 aromatic carbocycles. The van der Waals surface area contributed by atoms with Gasteiger partial charge in [0.15, 0.2) is 5.65 Å². The van der Waals surface area contributed by atoms with Gasteiger partial charge in [0, 0.05) is 5.69 Å². The molecule has 0 aliphatic carbocycles. The highest BCUT2D eigenvalue weighted by molar-refractivity contribution is 6.29. The van der Waals surface area contributed by atoms with Crippen molar-refractivity contribution in [3.8, 4) is 5.75 Å². The van der Waals surface area contributed by atoms with E-state index in [1.54, 1.807) is 36.4 Å². The van der Waals surface area contributed by atoms with Crippen LogP contribution < -0.4 is 10.1 Å². The lowest BCUT2D eigenvalue weighted by molar-refractivity contribution is 0.102. The molecule has 3 aromatic rings. The number of halogens is 1. The second-order valence-electron chi connectivity index (χ2n) is 4.50. The number of aromatic nitrogens is 3. The summed E-state index contributed by atoms with van der Waals surface area (Å²) in [4.78, 5) is 16.4. The molecule has 0 aliphatic rings. The number of imidazole rings is 1. The number of carbonyl (C=O) groups excluding carboxylic acids is 1. The van der Waals surface area contributed by atoms with Crippen LogP contribution in [-0.4, -0.2) is 27.1 Å². The van der Waals surface area contributed by atoms with E-state index in [4.69, 9.17) is 16.3 Å². The number of hydrogen-bond donors (Lipinski definition) is 1. The summed E-state index contributed by atoms with van der Waals surface area (Å²) < 4.78 is 6.82. The smallest absolute Gasteiger partial charge is 0.275 e. The quantitative estimate of drug-likeness (QED) is 0.803. The van der Waals surface area contributed by atoms with E-state index in [1.807, 2.05) is 6.92 Å². The van der Waals surface area contributed by atoms with Crippen molar-refractivity contribution in [2.75, 3.05) is 11.9 Å². The van der Waals surface area contributed by atoms with Crippen molar-refractivity contribution in [1.29, 1.82) is 0 Å². The molecule has 1 amide bonds. The van der Waals surface area contributed by atoms with Gasteiger partial charge < -0.3 is 10.1 Å². The minimum atomic E-state index is -0.314. The van der Waals surface area contributed by atoms with Crippen LogP contribution >= 0.6 is 11.6 Å². The van der Waals surface area contributed by atoms with Gasteiger partial charge in [-0.15, -0.1) is 0 Å². The van der Waals surface area contributed by atoms with E-state index in [0.717, 1.165) is 5.75 Å². The predicted molar refractivity (Wildman–Crippen MR) is 83.6 cm³/mol. The predicted octanol–water partition coefficient (Wildman–Crippen LogP) is 3.03. The molecule has 22 heavy (non-hydrogen) atoms. The molecule has 0 saturated heterocycles. The summed E-state index contributed by atoms with van der Waals surface area (Å²) in [7, 11) is 0. The van der Waals surface area contributed by atoms with E-state index in [0.29, 0.717) is 23.1 Å². The second-order valence-corrected chi connectivity index (χ2v) is 4.88. The molecule has 0 saturated carbocycles. The van der Waals surface area contributed by atoms with Crippen LogP contribution in [-0.2, 0) is 0 Å². The van der Waals surface area contributed by atoms with Crippen LogP contribution in [0.4, 0.5) is 5.69 Å². The monoisotopic (exact) mass is 316 g/mol. The van der Waals surface area contributed by atoms with Crippen LogP contribution in [0.5, 0.6) is 5.75 Å². The van der Waals surface area contributed by atoms with Gasteiger partial charge in [0.1, 0.15) is 16.6 Å². The summed E-state index contributed by atoms with van der Waals surface area (Å²) in [5.41, 5.74) is 1.49. The van der Waals surface area contributed by atoms with Crippen LogP contribution in [0, 0.1) is 0 Å². The number of amides is 1. The van der Waals surface area contributed by atoms with Gasteiger partial charge in [-0.2, -0.15) is 5.10 Å². The number of hydrogen-bond acceptors (Lipinski definition) is 4. The maximum Gasteiger partial charge on any atom is 0.275 e. The SMILES string of the molecule is CCOc1ccc(NC(=O)c2cn3nc(Cl)ccc3n2)cc1. The fraction of sp³-hybridized carbons (Fsp3) is 0.133. The first-order valence-corrected chi connectivity index (χ1v) is 7.09. The van der Waals surface area contributed by atoms with Gasteiger partial charge >= 0.3 is 0 Å². The fourth-order valence-corrected chi connectivity index (χ4v) is 2.11. The van der Waals surface area contributed by atoms with Gasteiger partial charge in [0.25, 0.3) is 5.91 Å². The zero-order chi connectivity index (χ0) is 15.5. The molecule has 0 fully saturated rings. The number of fused-ring (bicyclic) bond motifs is 1. The number of anilines is 1. The highest BCUT2D eigenvalue weighted by Crippen LogP contribution is 2.16. The fourth-order valence-electron chi connectivity index (χ4n) is 1.96. The molecule has 0 bridgehead atoms. The number of nitrogens with one attached hydrogen (secondary N) is 1. The average Bonchev–Trinajstić information content (AvgIpc) is 2.92. The Kier molecular flexibility index (Phi) is 3.93. The molecule has 7 heteroatoms. The Bertz CT molecular complexity index is 814. The normalized spacial score (nSPS) is 10.6. The maximum atomic E-state index is 12.2. The average molecular weight is 317 g/mol. The Labute approximate surface area is 131 Å². The molecule has 0 unspecified atom stereocenters. The lowest BCUT2D eigenvalue weighted by Gasteiger charge is -2.05. The molecule has 1 N–H and O–H groups in total. The summed E-state index contributed by atoms with van der Waals surface area (Å²) in [5.74, 6) is 0.442. The second kappa shape index (κ2) is 6.03. The summed E-state index contributed by atoms with van der Waals surface area (Å²) >= 11 is 5.81. The van der Waals surface area contributed by atoms with E-state index >= 15 is 0 Å². The third-order valence-electron chi connectivity index (χ3n) is 2.94. The largest absolute Gasteiger partial charge is 0.494 e. The number of nitrogens with zero attached hydrogens (tertiary/aromatic N) is 3. The Morgan fingerprint density at radius 2 is 2.05 bits per heavy atom. The molecule has 0 radical (unpaired) electrons. The molecule has 6 nitrogen and oxygen atoms in total. The van der Waals surface area contributed by atoms with E-state index in [2.05, 4.69) is 15.4 Å². The highest BCUT2D eigenvalue weighted by Gasteiger charge is 2.12. The molecule has 0 spiro atoms. The Morgan fingerprint density at radius 3 is 2.77 bits per heavy atom. The zero-order valence-electron chi connectivity index (χ0n) is 11.8. The van der Waals surface area contributed by atoms with Crippen LogP contribution in [0.1, 0.15) is 17.4 Å². The molecule has 2 aromatic heterocycles. The first-order chi connectivity index (χ1) is 10.7. The van der Waals surface area contributed by atoms with Crippen molar-refractivity contribution < 1.29 is 9.53 Å². The third kappa shape index (κ3) is 3.01. The van der Waals surface area contributed by atoms with Crippen molar-refractivity contribution in [2.45, 2.75) is 6.92 Å². The van der Waals surface area contributed by atoms with Gasteiger partial charge in [-0.3, -0.25) is 4.79 Å². The van der Waals surface area contributed by atoms with Crippen LogP contribution in [0.15, 0.2) is 42.6 Å². The topological polar surface area (TPSA) is 68.5 Å². The van der Waals surface area contributed by atoms with Crippen LogP contribution in [0.2, 0.25) is 5.15 Å². The molecule has 2 heterocycles. The lowest BCUT2D eigenvalue weighted by Crippen LogP contribution is -2.12. The van der Waals surface area contributed by atoms with Crippen LogP contribution in [0.25, 0.3) is 5.65 Å². The Hall–Kier alpha value is -2.60. The molecule has 112 valence electrons. The van der Waals surface area contributed by atoms with E-state index in [-0.39, 0.29) is 11.6 Å². The van der Waals surface area contributed by atoms with Crippen molar-refractivity contribution in [3.05, 3.63) is 53.4 Å². The molecule has 3 rings (SSSR count). The molecule has 0 aliphatic heterocycles. The first-order valence-electron chi connectivity index (χ1n) is 6.72. The molecular formula is C15H13ClN4O2. The van der Waals surface area contributed by atoms with Gasteiger partial charge in [-0.1, -0.05) is 11.6 Å². The van der Waals surface area contributed by atoms with Gasteiger partial charge in [0.05, 0.1) is 12.8 Å². The number of rotatable bonds is 4. The van der Waals surface area contributed by atoms with Crippen molar-refractivity contribution in [2.24, 2.45) is 0 Å². The summed E-state index contributed by atoms with van der Waals surface area (Å²) in [6.45, 7) is 2.52. The van der Waals surface area contributed by atoms with E-state index < -0.39 is 0 Å². The van der Waals surface area contributed by atoms with E-state index in [9.17, 15) is 4.79 Å². The minimum Gasteiger partial charge on any atom is -0.494 e. The zero-order valence-corrected chi connectivity index (χ0v) is 12.5. The van der Waals surface area contributed by atoms with Crippen LogP contribution in [0.3, 0.4) is 0 Å². The lowest BCUT2D eigenvalue weighted by atomic mass is 10.3. The summed E-state index contributed by atoms with van der Waals surface area (Å²) in [6, 6.07) is 10.5. The summed E-state index contributed by atoms with van der Waals surface area (Å²) in [5, 5.41) is 7.15. The standard InChI is InChI=1S/C15H13ClN4O2/c1-2-22-11-5-3-10(4-6-11)17-15(21)12-9-20-14(18-12)8-7-13(16)19-20/h3-9H,2H2,1H3,(H,17,21). The van der Waals surface area contributed by atoms with Crippen molar-refractivity contribution >= 4 is 28.8 Å². The third-order valence-corrected chi connectivity index (χ3v) is 3.14. The Balaban J connectivity index is 1.77. The minimum absolute atomic E-state index is 0.267. The highest BCUT2D eigenvalue weighted by atomic mass is 35.5. The number of benzene rings is 1. The van der Waals surface area contributed by atoms with Gasteiger partial charge in [0.2, 0.25) is 0 Å². The first kappa shape index (κ1) is 14.3. The summed E-state index contributed by atoms with van der Waals surface area (Å²) in [6.07, 6.45) is 1.53. The Morgan fingerprint density at radius 1 is 1.27 bits per heavy atom. The molecular weight excluding hydrogens is 304 g/mol. The number of carbonyl (C=O) groups is 1. The van der Waals surface area contributed by atoms with Gasteiger partial charge in [-0.05, 0) is 43.3 Å². The van der Waals surface area contributed by atoms with Crippen molar-refractivity contribution in [1.82, 2.24) is 14.6 Å².